The standard InChI is InChI=1S/C25H27BFN4O/c1-17-13-18(2)24(19(3)14-17)25(22-10-8-12-31(22)26-27)21-15-20(16-29-21)9-6-4-5-7-11-23(32)30-28/h8,10,12-16H,4-5,7,11,28H2,1-3H3,(H,30,32)/b25-21+. The lowest BCUT2D eigenvalue weighted by molar-refractivity contribution is -0.121. The van der Waals surface area contributed by atoms with Gasteiger partial charge in [-0.25, -0.2) is 5.84 Å². The molecule has 32 heavy (non-hydrogen) atoms. The van der Waals surface area contributed by atoms with Crippen molar-refractivity contribution in [3.63, 3.8) is 0 Å². The lowest BCUT2D eigenvalue weighted by atomic mass is 9.90. The molecule has 2 aromatic rings. The van der Waals surface area contributed by atoms with Crippen LogP contribution < -0.4 is 11.3 Å². The van der Waals surface area contributed by atoms with Crippen LogP contribution in [0.5, 0.6) is 0 Å². The number of amides is 1. The summed E-state index contributed by atoms with van der Waals surface area (Å²) in [5.74, 6) is 11.2. The summed E-state index contributed by atoms with van der Waals surface area (Å²) in [6.45, 7) is 6.20. The molecular formula is C25H27BFN4O. The Kier molecular flexibility index (Phi) is 7.85. The highest BCUT2D eigenvalue weighted by atomic mass is 19.1. The topological polar surface area (TPSA) is 72.4 Å². The lowest BCUT2D eigenvalue weighted by Gasteiger charge is -2.17. The van der Waals surface area contributed by atoms with Crippen molar-refractivity contribution in [3.8, 4) is 11.8 Å². The molecule has 1 amide bonds. The van der Waals surface area contributed by atoms with Gasteiger partial charge in [-0.2, -0.15) is 0 Å². The Hall–Kier alpha value is -3.37. The highest BCUT2D eigenvalue weighted by Crippen LogP contribution is 2.35. The van der Waals surface area contributed by atoms with Crippen LogP contribution in [0.1, 0.15) is 53.6 Å². The van der Waals surface area contributed by atoms with Crippen LogP contribution in [0.15, 0.2) is 52.8 Å². The number of hydrazine groups is 1. The van der Waals surface area contributed by atoms with Gasteiger partial charge >= 0.3 is 7.69 Å². The summed E-state index contributed by atoms with van der Waals surface area (Å²) in [7, 11) is 0.558. The molecule has 3 N–H and O–H groups in total. The van der Waals surface area contributed by atoms with E-state index in [0.717, 1.165) is 52.1 Å². The van der Waals surface area contributed by atoms with Crippen molar-refractivity contribution >= 4 is 25.4 Å². The number of benzene rings is 1. The number of carbonyl (C=O) groups excluding carboxylic acids is 1. The fraction of sp³-hybridized carbons (Fsp3) is 0.280. The molecular weight excluding hydrogens is 402 g/mol. The molecule has 1 radical (unpaired) electrons. The maximum absolute atomic E-state index is 13.6. The highest BCUT2D eigenvalue weighted by molar-refractivity contribution is 6.25. The van der Waals surface area contributed by atoms with Crippen LogP contribution in [0.4, 0.5) is 4.32 Å². The molecule has 0 aliphatic carbocycles. The van der Waals surface area contributed by atoms with Gasteiger partial charge in [0.1, 0.15) is 0 Å². The normalized spacial score (nSPS) is 14.0. The molecule has 0 spiro atoms. The Morgan fingerprint density at radius 2 is 2.00 bits per heavy atom. The summed E-state index contributed by atoms with van der Waals surface area (Å²) < 4.78 is 15.0. The van der Waals surface area contributed by atoms with Gasteiger partial charge in [0.15, 0.2) is 0 Å². The van der Waals surface area contributed by atoms with Crippen molar-refractivity contribution in [2.45, 2.75) is 46.5 Å². The van der Waals surface area contributed by atoms with E-state index < -0.39 is 0 Å². The summed E-state index contributed by atoms with van der Waals surface area (Å²) in [5.41, 5.74) is 9.75. The number of rotatable bonds is 7. The average Bonchev–Trinajstić information content (AvgIpc) is 3.42. The van der Waals surface area contributed by atoms with Crippen LogP contribution in [0.2, 0.25) is 0 Å². The summed E-state index contributed by atoms with van der Waals surface area (Å²) >= 11 is 0. The van der Waals surface area contributed by atoms with Gasteiger partial charge in [0.2, 0.25) is 5.91 Å². The SMILES string of the molecule is Cc1cc(C)c(/C(=C2\C=C(C#CCCCCC(=O)NN)C=N2)c2cccn2[B]F)c(C)c1. The minimum atomic E-state index is -0.164. The van der Waals surface area contributed by atoms with Gasteiger partial charge in [0, 0.05) is 35.9 Å². The number of hydrogen-bond donors (Lipinski definition) is 2. The van der Waals surface area contributed by atoms with Crippen molar-refractivity contribution in [2.75, 3.05) is 0 Å². The zero-order valence-corrected chi connectivity index (χ0v) is 18.7. The van der Waals surface area contributed by atoms with E-state index in [1.165, 1.54) is 10.0 Å². The van der Waals surface area contributed by atoms with E-state index in [9.17, 15) is 9.11 Å². The summed E-state index contributed by atoms with van der Waals surface area (Å²) in [5, 5.41) is 0. The smallest absolute Gasteiger partial charge is 0.364 e. The Bertz CT molecular complexity index is 1140. The Balaban J connectivity index is 1.92. The van der Waals surface area contributed by atoms with Crippen molar-refractivity contribution in [3.05, 3.63) is 75.8 Å². The third-order valence-corrected chi connectivity index (χ3v) is 5.31. The number of hydrogen-bond acceptors (Lipinski definition) is 3. The molecule has 163 valence electrons. The summed E-state index contributed by atoms with van der Waals surface area (Å²) in [6.07, 6.45) is 8.02. The Morgan fingerprint density at radius 3 is 2.69 bits per heavy atom. The predicted octanol–water partition coefficient (Wildman–Crippen LogP) is 4.09. The number of aryl methyl sites for hydroxylation is 3. The first-order valence-corrected chi connectivity index (χ1v) is 10.6. The second-order valence-corrected chi connectivity index (χ2v) is 7.87. The fourth-order valence-electron chi connectivity index (χ4n) is 3.95. The molecule has 1 aliphatic heterocycles. The number of unbranched alkanes of at least 4 members (excludes halogenated alkanes) is 2. The van der Waals surface area contributed by atoms with E-state index >= 15 is 0 Å². The fourth-order valence-corrected chi connectivity index (χ4v) is 3.95. The van der Waals surface area contributed by atoms with E-state index in [1.54, 1.807) is 12.4 Å². The molecule has 1 aromatic carbocycles. The van der Waals surface area contributed by atoms with Crippen molar-refractivity contribution in [2.24, 2.45) is 10.8 Å². The van der Waals surface area contributed by atoms with E-state index in [1.807, 2.05) is 18.2 Å². The number of halogens is 1. The van der Waals surface area contributed by atoms with Crippen LogP contribution in [-0.4, -0.2) is 24.3 Å². The molecule has 3 rings (SSSR count). The highest BCUT2D eigenvalue weighted by Gasteiger charge is 2.20. The van der Waals surface area contributed by atoms with Gasteiger partial charge in [-0.05, 0) is 74.7 Å². The Labute approximate surface area is 189 Å². The first-order valence-electron chi connectivity index (χ1n) is 10.6. The van der Waals surface area contributed by atoms with E-state index in [-0.39, 0.29) is 5.91 Å². The second-order valence-electron chi connectivity index (χ2n) is 7.87. The summed E-state index contributed by atoms with van der Waals surface area (Å²) in [6, 6.07) is 7.97. The summed E-state index contributed by atoms with van der Waals surface area (Å²) in [4.78, 5) is 15.8. The molecule has 0 saturated heterocycles. The van der Waals surface area contributed by atoms with Gasteiger partial charge in [-0.1, -0.05) is 29.5 Å². The van der Waals surface area contributed by atoms with Crippen LogP contribution in [0.25, 0.3) is 5.57 Å². The van der Waals surface area contributed by atoms with E-state index in [4.69, 9.17) is 5.84 Å². The predicted molar refractivity (Wildman–Crippen MR) is 129 cm³/mol. The minimum absolute atomic E-state index is 0.164. The van der Waals surface area contributed by atoms with E-state index in [2.05, 4.69) is 55.2 Å². The van der Waals surface area contributed by atoms with Gasteiger partial charge in [-0.15, -0.1) is 0 Å². The number of aromatic nitrogens is 1. The number of aliphatic imine (C=N–C) groups is 1. The average molecular weight is 429 g/mol. The van der Waals surface area contributed by atoms with Crippen molar-refractivity contribution in [1.29, 1.82) is 0 Å². The number of nitrogens with one attached hydrogen (secondary N) is 1. The number of nitrogens with zero attached hydrogens (tertiary/aromatic N) is 2. The number of allylic oxidation sites excluding steroid dienone is 2. The maximum atomic E-state index is 13.6. The zero-order chi connectivity index (χ0) is 23.1. The van der Waals surface area contributed by atoms with E-state index in [0.29, 0.717) is 20.5 Å². The van der Waals surface area contributed by atoms with Gasteiger partial charge in [-0.3, -0.25) is 15.2 Å². The molecule has 5 nitrogen and oxygen atoms in total. The minimum Gasteiger partial charge on any atom is -0.364 e. The third-order valence-electron chi connectivity index (χ3n) is 5.31. The second kappa shape index (κ2) is 10.8. The molecule has 0 fully saturated rings. The van der Waals surface area contributed by atoms with Crippen molar-refractivity contribution in [1.82, 2.24) is 9.90 Å². The molecule has 1 aliphatic rings. The third kappa shape index (κ3) is 5.46. The first-order chi connectivity index (χ1) is 15.4. The number of carbonyl (C=O) groups is 1. The zero-order valence-electron chi connectivity index (χ0n) is 18.7. The lowest BCUT2D eigenvalue weighted by Crippen LogP contribution is -2.29. The maximum Gasteiger partial charge on any atom is 0.495 e. The Morgan fingerprint density at radius 1 is 1.25 bits per heavy atom. The molecule has 0 saturated carbocycles. The molecule has 2 heterocycles. The van der Waals surface area contributed by atoms with Gasteiger partial charge in [0.05, 0.1) is 5.70 Å². The molecule has 0 unspecified atom stereocenters. The van der Waals surface area contributed by atoms with Crippen LogP contribution in [0.3, 0.4) is 0 Å². The largest absolute Gasteiger partial charge is 0.495 e. The van der Waals surface area contributed by atoms with Gasteiger partial charge < -0.3 is 8.79 Å². The van der Waals surface area contributed by atoms with Crippen molar-refractivity contribution < 1.29 is 9.11 Å². The monoisotopic (exact) mass is 429 g/mol. The molecule has 1 aromatic heterocycles. The van der Waals surface area contributed by atoms with Crippen LogP contribution in [0, 0.1) is 32.6 Å². The van der Waals surface area contributed by atoms with Crippen LogP contribution in [-0.2, 0) is 4.79 Å². The quantitative estimate of drug-likeness (QED) is 0.174. The van der Waals surface area contributed by atoms with Crippen LogP contribution >= 0.6 is 0 Å². The number of nitrogens with two attached hydrogens (primary N) is 1. The van der Waals surface area contributed by atoms with Gasteiger partial charge in [0.25, 0.3) is 0 Å². The molecule has 7 heteroatoms. The molecule has 0 bridgehead atoms. The first kappa shape index (κ1) is 23.3. The molecule has 0 atom stereocenters.